The molecule has 0 bridgehead atoms. The number of methoxy groups -OCH3 is 1. The number of nitrogens with one attached hydrogen (secondary N) is 1. The predicted molar refractivity (Wildman–Crippen MR) is 124 cm³/mol. The van der Waals surface area contributed by atoms with Crippen molar-refractivity contribution in [1.29, 1.82) is 0 Å². The minimum atomic E-state index is 0.402. The Morgan fingerprint density at radius 2 is 1.80 bits per heavy atom. The van der Waals surface area contributed by atoms with Gasteiger partial charge in [-0.25, -0.2) is 0 Å². The molecule has 2 heterocycles. The SMILES string of the molecule is COc1ccc(CN2CCN[C@H](c3ccccc3C(C)C)C2)cc1CN1CCCC1. The summed E-state index contributed by atoms with van der Waals surface area (Å²) >= 11 is 0. The van der Waals surface area contributed by atoms with Crippen molar-refractivity contribution in [3.05, 3.63) is 64.7 Å². The molecule has 2 aliphatic rings. The Balaban J connectivity index is 1.46. The highest BCUT2D eigenvalue weighted by molar-refractivity contribution is 5.38. The summed E-state index contributed by atoms with van der Waals surface area (Å²) in [6, 6.07) is 16.1. The quantitative estimate of drug-likeness (QED) is 0.728. The summed E-state index contributed by atoms with van der Waals surface area (Å²) < 4.78 is 5.66. The summed E-state index contributed by atoms with van der Waals surface area (Å²) in [6.07, 6.45) is 2.64. The molecule has 0 aliphatic carbocycles. The molecule has 2 aromatic rings. The molecular weight excluding hydrogens is 370 g/mol. The van der Waals surface area contributed by atoms with E-state index in [1.165, 1.54) is 48.2 Å². The Kier molecular flexibility index (Phi) is 7.08. The molecular formula is C26H37N3O. The Morgan fingerprint density at radius 1 is 1.00 bits per heavy atom. The molecule has 2 aliphatic heterocycles. The molecule has 2 fully saturated rings. The molecule has 0 amide bonds. The van der Waals surface area contributed by atoms with Gasteiger partial charge in [-0.2, -0.15) is 0 Å². The fourth-order valence-electron chi connectivity index (χ4n) is 5.01. The minimum absolute atomic E-state index is 0.402. The third-order valence-electron chi connectivity index (χ3n) is 6.60. The van der Waals surface area contributed by atoms with E-state index in [-0.39, 0.29) is 0 Å². The fourth-order valence-corrected chi connectivity index (χ4v) is 5.01. The largest absolute Gasteiger partial charge is 0.496 e. The van der Waals surface area contributed by atoms with E-state index in [1.54, 1.807) is 7.11 Å². The first-order valence-corrected chi connectivity index (χ1v) is 11.6. The van der Waals surface area contributed by atoms with Gasteiger partial charge in [0, 0.05) is 44.3 Å². The number of ether oxygens (including phenoxy) is 1. The lowest BCUT2D eigenvalue weighted by Gasteiger charge is -2.35. The molecule has 30 heavy (non-hydrogen) atoms. The van der Waals surface area contributed by atoms with Gasteiger partial charge in [-0.3, -0.25) is 9.80 Å². The van der Waals surface area contributed by atoms with Crippen LogP contribution in [0.15, 0.2) is 42.5 Å². The van der Waals surface area contributed by atoms with Gasteiger partial charge < -0.3 is 10.1 Å². The van der Waals surface area contributed by atoms with Gasteiger partial charge in [-0.1, -0.05) is 44.2 Å². The number of likely N-dealkylation sites (tertiary alicyclic amines) is 1. The topological polar surface area (TPSA) is 27.7 Å². The lowest BCUT2D eigenvalue weighted by Crippen LogP contribution is -2.45. The molecule has 2 aromatic carbocycles. The number of hydrogen-bond donors (Lipinski definition) is 1. The van der Waals surface area contributed by atoms with E-state index >= 15 is 0 Å². The van der Waals surface area contributed by atoms with Crippen LogP contribution in [0, 0.1) is 0 Å². The van der Waals surface area contributed by atoms with Crippen LogP contribution in [0.1, 0.15) is 60.9 Å². The second-order valence-electron chi connectivity index (χ2n) is 9.15. The van der Waals surface area contributed by atoms with Crippen LogP contribution in [0.5, 0.6) is 5.75 Å². The Bertz CT molecular complexity index is 829. The highest BCUT2D eigenvalue weighted by Crippen LogP contribution is 2.28. The zero-order valence-corrected chi connectivity index (χ0v) is 18.9. The maximum atomic E-state index is 5.66. The Hall–Kier alpha value is -1.88. The highest BCUT2D eigenvalue weighted by Gasteiger charge is 2.23. The molecule has 1 N–H and O–H groups in total. The number of piperazine rings is 1. The van der Waals surface area contributed by atoms with E-state index in [4.69, 9.17) is 4.74 Å². The van der Waals surface area contributed by atoms with Crippen LogP contribution in [0.25, 0.3) is 0 Å². The summed E-state index contributed by atoms with van der Waals surface area (Å²) in [5.74, 6) is 1.57. The molecule has 0 unspecified atom stereocenters. The second kappa shape index (κ2) is 9.95. The van der Waals surface area contributed by atoms with Gasteiger partial charge in [0.05, 0.1) is 7.11 Å². The number of nitrogens with zero attached hydrogens (tertiary/aromatic N) is 2. The number of rotatable bonds is 7. The zero-order chi connectivity index (χ0) is 20.9. The van der Waals surface area contributed by atoms with Crippen molar-refractivity contribution in [2.45, 2.75) is 51.7 Å². The lowest BCUT2D eigenvalue weighted by molar-refractivity contribution is 0.192. The first kappa shape index (κ1) is 21.4. The van der Waals surface area contributed by atoms with Crippen LogP contribution in [-0.4, -0.2) is 49.6 Å². The predicted octanol–water partition coefficient (Wildman–Crippen LogP) is 4.56. The molecule has 1 atom stereocenters. The van der Waals surface area contributed by atoms with Gasteiger partial charge in [-0.05, 0) is 60.7 Å². The average molecular weight is 408 g/mol. The van der Waals surface area contributed by atoms with Crippen LogP contribution in [0.3, 0.4) is 0 Å². The minimum Gasteiger partial charge on any atom is -0.496 e. The summed E-state index contributed by atoms with van der Waals surface area (Å²) in [4.78, 5) is 5.14. The number of hydrogen-bond acceptors (Lipinski definition) is 4. The molecule has 0 aromatic heterocycles. The molecule has 162 valence electrons. The fraction of sp³-hybridized carbons (Fsp3) is 0.538. The Morgan fingerprint density at radius 3 is 2.57 bits per heavy atom. The van der Waals surface area contributed by atoms with Crippen molar-refractivity contribution >= 4 is 0 Å². The van der Waals surface area contributed by atoms with Crippen molar-refractivity contribution in [2.24, 2.45) is 0 Å². The summed E-state index contributed by atoms with van der Waals surface area (Å²) in [5, 5.41) is 3.76. The first-order chi connectivity index (χ1) is 14.6. The van der Waals surface area contributed by atoms with Gasteiger partial charge in [0.25, 0.3) is 0 Å². The molecule has 4 rings (SSSR count). The van der Waals surface area contributed by atoms with Crippen LogP contribution >= 0.6 is 0 Å². The average Bonchev–Trinajstić information content (AvgIpc) is 3.27. The summed E-state index contributed by atoms with van der Waals surface area (Å²) in [7, 11) is 1.79. The van der Waals surface area contributed by atoms with Gasteiger partial charge in [-0.15, -0.1) is 0 Å². The van der Waals surface area contributed by atoms with Crippen molar-refractivity contribution < 1.29 is 4.74 Å². The van der Waals surface area contributed by atoms with Crippen molar-refractivity contribution in [2.75, 3.05) is 39.8 Å². The van der Waals surface area contributed by atoms with E-state index in [2.05, 4.69) is 71.4 Å². The van der Waals surface area contributed by atoms with Gasteiger partial charge in [0.2, 0.25) is 0 Å². The molecule has 0 spiro atoms. The zero-order valence-electron chi connectivity index (χ0n) is 18.9. The van der Waals surface area contributed by atoms with Crippen LogP contribution in [0.4, 0.5) is 0 Å². The van der Waals surface area contributed by atoms with Crippen molar-refractivity contribution in [3.63, 3.8) is 0 Å². The van der Waals surface area contributed by atoms with Crippen molar-refractivity contribution in [1.82, 2.24) is 15.1 Å². The van der Waals surface area contributed by atoms with Crippen LogP contribution in [0.2, 0.25) is 0 Å². The van der Waals surface area contributed by atoms with E-state index in [9.17, 15) is 0 Å². The molecule has 4 nitrogen and oxygen atoms in total. The maximum Gasteiger partial charge on any atom is 0.123 e. The van der Waals surface area contributed by atoms with Crippen LogP contribution in [-0.2, 0) is 13.1 Å². The molecule has 2 saturated heterocycles. The third kappa shape index (κ3) is 5.05. The first-order valence-electron chi connectivity index (χ1n) is 11.6. The normalized spacial score (nSPS) is 20.7. The van der Waals surface area contributed by atoms with E-state index in [0.29, 0.717) is 12.0 Å². The Labute approximate surface area is 182 Å². The third-order valence-corrected chi connectivity index (χ3v) is 6.60. The summed E-state index contributed by atoms with van der Waals surface area (Å²) in [5.41, 5.74) is 5.65. The highest BCUT2D eigenvalue weighted by atomic mass is 16.5. The smallest absolute Gasteiger partial charge is 0.123 e. The number of benzene rings is 2. The maximum absolute atomic E-state index is 5.66. The monoisotopic (exact) mass is 407 g/mol. The van der Waals surface area contributed by atoms with E-state index in [0.717, 1.165) is 38.5 Å². The van der Waals surface area contributed by atoms with E-state index in [1.807, 2.05) is 0 Å². The van der Waals surface area contributed by atoms with Gasteiger partial charge in [0.15, 0.2) is 0 Å². The van der Waals surface area contributed by atoms with Gasteiger partial charge in [0.1, 0.15) is 5.75 Å². The van der Waals surface area contributed by atoms with Crippen molar-refractivity contribution in [3.8, 4) is 5.75 Å². The second-order valence-corrected chi connectivity index (χ2v) is 9.15. The lowest BCUT2D eigenvalue weighted by atomic mass is 9.91. The van der Waals surface area contributed by atoms with E-state index < -0.39 is 0 Å². The molecule has 0 radical (unpaired) electrons. The molecule has 0 saturated carbocycles. The summed E-state index contributed by atoms with van der Waals surface area (Å²) in [6.45, 7) is 12.2. The van der Waals surface area contributed by atoms with Crippen LogP contribution < -0.4 is 10.1 Å². The standard InChI is InChI=1S/C26H37N3O/c1-20(2)23-8-4-5-9-24(23)25-19-29(15-12-27-25)17-21-10-11-26(30-3)22(16-21)18-28-13-6-7-14-28/h4-5,8-11,16,20,25,27H,6-7,12-15,17-19H2,1-3H3/t25-/m0/s1. The molecule has 4 heteroatoms. The van der Waals surface area contributed by atoms with Gasteiger partial charge >= 0.3 is 0 Å².